The quantitative estimate of drug-likeness (QED) is 0.669. The molecule has 2 aromatic rings. The number of aromatic nitrogens is 1. The van der Waals surface area contributed by atoms with E-state index >= 15 is 0 Å². The summed E-state index contributed by atoms with van der Waals surface area (Å²) < 4.78 is 4.96. The van der Waals surface area contributed by atoms with Crippen molar-refractivity contribution in [2.45, 2.75) is 40.2 Å². The van der Waals surface area contributed by atoms with E-state index in [4.69, 9.17) is 4.74 Å². The van der Waals surface area contributed by atoms with E-state index in [2.05, 4.69) is 11.9 Å². The Balaban J connectivity index is 2.11. The lowest BCUT2D eigenvalue weighted by Crippen LogP contribution is -2.31. The van der Waals surface area contributed by atoms with E-state index in [9.17, 15) is 9.59 Å². The Labute approximate surface area is 152 Å². The summed E-state index contributed by atoms with van der Waals surface area (Å²) in [6, 6.07) is 7.71. The summed E-state index contributed by atoms with van der Waals surface area (Å²) in [6.07, 6.45) is 1.80. The molecule has 0 aliphatic heterocycles. The Kier molecular flexibility index (Phi) is 7.13. The third-order valence-corrected chi connectivity index (χ3v) is 4.59. The smallest absolute Gasteiger partial charge is 0.357 e. The maximum Gasteiger partial charge on any atom is 0.357 e. The highest BCUT2D eigenvalue weighted by Crippen LogP contribution is 2.16. The third-order valence-electron chi connectivity index (χ3n) is 3.75. The van der Waals surface area contributed by atoms with E-state index in [-0.39, 0.29) is 5.91 Å². The number of amides is 1. The van der Waals surface area contributed by atoms with Crippen molar-refractivity contribution in [2.75, 3.05) is 13.2 Å². The van der Waals surface area contributed by atoms with Crippen molar-refractivity contribution in [2.24, 2.45) is 0 Å². The Morgan fingerprint density at radius 3 is 2.48 bits per heavy atom. The van der Waals surface area contributed by atoms with Crippen LogP contribution in [0.4, 0.5) is 0 Å². The normalized spacial score (nSPS) is 10.5. The minimum atomic E-state index is -0.423. The highest BCUT2D eigenvalue weighted by atomic mass is 32.1. The summed E-state index contributed by atoms with van der Waals surface area (Å²) in [6.45, 7) is 7.24. The fourth-order valence-electron chi connectivity index (χ4n) is 2.43. The number of carbonyl (C=O) groups is 2. The second-order valence-electron chi connectivity index (χ2n) is 5.62. The highest BCUT2D eigenvalue weighted by molar-refractivity contribution is 7.09. The first-order valence-electron chi connectivity index (χ1n) is 8.58. The van der Waals surface area contributed by atoms with Gasteiger partial charge in [-0.1, -0.05) is 26.0 Å². The predicted octanol–water partition coefficient (Wildman–Crippen LogP) is 3.93. The largest absolute Gasteiger partial charge is 0.461 e. The van der Waals surface area contributed by atoms with Crippen LogP contribution in [0, 0.1) is 0 Å². The van der Waals surface area contributed by atoms with Gasteiger partial charge in [-0.25, -0.2) is 9.78 Å². The van der Waals surface area contributed by atoms with Gasteiger partial charge in [0.1, 0.15) is 5.01 Å². The standard InChI is InChI=1S/C19H24N2O3S/c1-4-11-21(18(22)15-9-7-14(5-2)8-10-15)12-17-20-16(13-25-17)19(23)24-6-3/h7-10,13H,4-6,11-12H2,1-3H3. The first-order chi connectivity index (χ1) is 12.1. The molecule has 0 spiro atoms. The molecule has 1 amide bonds. The molecule has 0 saturated heterocycles. The average Bonchev–Trinajstić information content (AvgIpc) is 3.10. The van der Waals surface area contributed by atoms with Gasteiger partial charge in [-0.15, -0.1) is 11.3 Å². The third kappa shape index (κ3) is 5.13. The molecule has 5 nitrogen and oxygen atoms in total. The molecule has 1 aromatic heterocycles. The lowest BCUT2D eigenvalue weighted by molar-refractivity contribution is 0.0520. The lowest BCUT2D eigenvalue weighted by Gasteiger charge is -2.21. The van der Waals surface area contributed by atoms with Crippen molar-refractivity contribution in [3.05, 3.63) is 51.5 Å². The van der Waals surface area contributed by atoms with Crippen molar-refractivity contribution < 1.29 is 14.3 Å². The molecular formula is C19H24N2O3S. The van der Waals surface area contributed by atoms with Gasteiger partial charge in [0.05, 0.1) is 13.2 Å². The van der Waals surface area contributed by atoms with E-state index in [1.807, 2.05) is 31.2 Å². The van der Waals surface area contributed by atoms with E-state index in [0.717, 1.165) is 17.8 Å². The van der Waals surface area contributed by atoms with Crippen LogP contribution in [0.15, 0.2) is 29.6 Å². The Morgan fingerprint density at radius 1 is 1.16 bits per heavy atom. The number of benzene rings is 1. The zero-order valence-electron chi connectivity index (χ0n) is 14.9. The molecular weight excluding hydrogens is 336 g/mol. The second kappa shape index (κ2) is 9.32. The number of carbonyl (C=O) groups excluding carboxylic acids is 2. The summed E-state index contributed by atoms with van der Waals surface area (Å²) in [5.74, 6) is -0.439. The molecule has 0 bridgehead atoms. The minimum Gasteiger partial charge on any atom is -0.461 e. The van der Waals surface area contributed by atoms with E-state index in [0.29, 0.717) is 31.0 Å². The molecule has 0 fully saturated rings. The van der Waals surface area contributed by atoms with Crippen LogP contribution < -0.4 is 0 Å². The first kappa shape index (κ1) is 19.1. The minimum absolute atomic E-state index is 0.0163. The Hall–Kier alpha value is -2.21. The molecule has 25 heavy (non-hydrogen) atoms. The van der Waals surface area contributed by atoms with E-state index in [1.54, 1.807) is 17.2 Å². The van der Waals surface area contributed by atoms with Crippen LogP contribution in [0.2, 0.25) is 0 Å². The molecule has 0 atom stereocenters. The monoisotopic (exact) mass is 360 g/mol. The first-order valence-corrected chi connectivity index (χ1v) is 9.46. The van der Waals surface area contributed by atoms with Crippen molar-refractivity contribution in [1.29, 1.82) is 0 Å². The van der Waals surface area contributed by atoms with Crippen molar-refractivity contribution >= 4 is 23.2 Å². The van der Waals surface area contributed by atoms with Crippen LogP contribution in [0.3, 0.4) is 0 Å². The van der Waals surface area contributed by atoms with Gasteiger partial charge in [-0.3, -0.25) is 4.79 Å². The lowest BCUT2D eigenvalue weighted by atomic mass is 10.1. The highest BCUT2D eigenvalue weighted by Gasteiger charge is 2.18. The molecule has 134 valence electrons. The van der Waals surface area contributed by atoms with Gasteiger partial charge in [0.25, 0.3) is 5.91 Å². The summed E-state index contributed by atoms with van der Waals surface area (Å²) in [5, 5.41) is 2.41. The number of esters is 1. The topological polar surface area (TPSA) is 59.5 Å². The number of rotatable bonds is 8. The zero-order valence-corrected chi connectivity index (χ0v) is 15.8. The van der Waals surface area contributed by atoms with Crippen molar-refractivity contribution in [1.82, 2.24) is 9.88 Å². The van der Waals surface area contributed by atoms with Crippen LogP contribution in [0.1, 0.15) is 58.6 Å². The van der Waals surface area contributed by atoms with Crippen LogP contribution >= 0.6 is 11.3 Å². The summed E-state index contributed by atoms with van der Waals surface area (Å²) in [4.78, 5) is 30.6. The molecule has 0 unspecified atom stereocenters. The Morgan fingerprint density at radius 2 is 1.88 bits per heavy atom. The molecule has 6 heteroatoms. The van der Waals surface area contributed by atoms with Gasteiger partial charge in [-0.2, -0.15) is 0 Å². The molecule has 0 N–H and O–H groups in total. The van der Waals surface area contributed by atoms with Gasteiger partial charge in [-0.05, 0) is 37.5 Å². The summed E-state index contributed by atoms with van der Waals surface area (Å²) in [7, 11) is 0. The predicted molar refractivity (Wildman–Crippen MR) is 98.9 cm³/mol. The molecule has 2 rings (SSSR count). The van der Waals surface area contributed by atoms with Gasteiger partial charge in [0.2, 0.25) is 0 Å². The van der Waals surface area contributed by atoms with Crippen LogP contribution in [0.5, 0.6) is 0 Å². The van der Waals surface area contributed by atoms with Gasteiger partial charge >= 0.3 is 5.97 Å². The molecule has 0 saturated carbocycles. The van der Waals surface area contributed by atoms with Gasteiger partial charge < -0.3 is 9.64 Å². The molecule has 0 radical (unpaired) electrons. The number of hydrogen-bond donors (Lipinski definition) is 0. The summed E-state index contributed by atoms with van der Waals surface area (Å²) >= 11 is 1.37. The van der Waals surface area contributed by atoms with Crippen LogP contribution in [-0.2, 0) is 17.7 Å². The SMILES string of the molecule is CCCN(Cc1nc(C(=O)OCC)cs1)C(=O)c1ccc(CC)cc1. The number of thiazole rings is 1. The van der Waals surface area contributed by atoms with E-state index in [1.165, 1.54) is 16.9 Å². The fraction of sp³-hybridized carbons (Fsp3) is 0.421. The molecule has 1 heterocycles. The van der Waals surface area contributed by atoms with Crippen LogP contribution in [0.25, 0.3) is 0 Å². The Bertz CT molecular complexity index is 710. The molecule has 0 aliphatic rings. The number of aryl methyl sites for hydroxylation is 1. The van der Waals surface area contributed by atoms with Gasteiger partial charge in [0.15, 0.2) is 5.69 Å². The van der Waals surface area contributed by atoms with Crippen molar-refractivity contribution in [3.8, 4) is 0 Å². The molecule has 1 aromatic carbocycles. The van der Waals surface area contributed by atoms with Crippen LogP contribution in [-0.4, -0.2) is 34.9 Å². The van der Waals surface area contributed by atoms with Crippen molar-refractivity contribution in [3.63, 3.8) is 0 Å². The fourth-order valence-corrected chi connectivity index (χ4v) is 3.21. The maximum absolute atomic E-state index is 12.8. The van der Waals surface area contributed by atoms with E-state index < -0.39 is 5.97 Å². The molecule has 0 aliphatic carbocycles. The zero-order chi connectivity index (χ0) is 18.2. The number of nitrogens with zero attached hydrogens (tertiary/aromatic N) is 2. The second-order valence-corrected chi connectivity index (χ2v) is 6.57. The van der Waals surface area contributed by atoms with Gasteiger partial charge in [0, 0.05) is 17.5 Å². The average molecular weight is 360 g/mol. The maximum atomic E-state index is 12.8. The number of hydrogen-bond acceptors (Lipinski definition) is 5. The number of ether oxygens (including phenoxy) is 1. The summed E-state index contributed by atoms with van der Waals surface area (Å²) in [5.41, 5.74) is 2.18.